The van der Waals surface area contributed by atoms with E-state index in [0.29, 0.717) is 40.9 Å². The highest BCUT2D eigenvalue weighted by molar-refractivity contribution is 5.95. The van der Waals surface area contributed by atoms with Gasteiger partial charge in [0.1, 0.15) is 11.5 Å². The molecule has 6 nitrogen and oxygen atoms in total. The maximum atomic E-state index is 12.6. The number of carbonyl (C=O) groups is 2. The molecule has 1 aliphatic carbocycles. The molecule has 0 radical (unpaired) electrons. The summed E-state index contributed by atoms with van der Waals surface area (Å²) in [6.07, 6.45) is 5.24. The van der Waals surface area contributed by atoms with E-state index in [1.165, 1.54) is 12.8 Å². The van der Waals surface area contributed by atoms with E-state index < -0.39 is 0 Å². The van der Waals surface area contributed by atoms with Crippen LogP contribution in [-0.4, -0.2) is 16.8 Å². The summed E-state index contributed by atoms with van der Waals surface area (Å²) in [5.74, 6) is 1.42. The highest BCUT2D eigenvalue weighted by atomic mass is 16.4. The van der Waals surface area contributed by atoms with Crippen molar-refractivity contribution in [2.24, 2.45) is 5.92 Å². The van der Waals surface area contributed by atoms with Gasteiger partial charge in [0.15, 0.2) is 0 Å². The third kappa shape index (κ3) is 5.51. The number of nitrogens with one attached hydrogen (secondary N) is 2. The number of amides is 2. The van der Waals surface area contributed by atoms with Gasteiger partial charge in [-0.2, -0.15) is 0 Å². The maximum absolute atomic E-state index is 12.6. The third-order valence-corrected chi connectivity index (χ3v) is 6.46. The van der Waals surface area contributed by atoms with Crippen molar-refractivity contribution in [2.75, 3.05) is 5.32 Å². The van der Waals surface area contributed by atoms with Crippen molar-refractivity contribution in [1.82, 2.24) is 10.3 Å². The van der Waals surface area contributed by atoms with Gasteiger partial charge in [-0.1, -0.05) is 31.0 Å². The lowest BCUT2D eigenvalue weighted by atomic mass is 10.0. The molecular weight excluding hydrogens is 414 g/mol. The lowest BCUT2D eigenvalue weighted by molar-refractivity contribution is -0.117. The molecule has 2 aromatic carbocycles. The molecule has 2 N–H and O–H groups in total. The average molecular weight is 446 g/mol. The standard InChI is InChI=1S/C27H31N3O3/c1-17-12-13-21(14-18(17)2)26(32)28-16-24-19(3)33-27(30-24)22-10-6-7-11-23(22)29-25(31)15-20-8-4-5-9-20/h6-7,10-14,20H,4-5,8-9,15-16H2,1-3H3,(H,28,32)(H,29,31). The first-order chi connectivity index (χ1) is 15.9. The second kappa shape index (κ2) is 10.0. The Hall–Kier alpha value is -3.41. The lowest BCUT2D eigenvalue weighted by Gasteiger charge is -2.11. The highest BCUT2D eigenvalue weighted by Gasteiger charge is 2.20. The van der Waals surface area contributed by atoms with Crippen LogP contribution in [0.2, 0.25) is 0 Å². The van der Waals surface area contributed by atoms with Crippen LogP contribution in [0.25, 0.3) is 11.5 Å². The average Bonchev–Trinajstić information content (AvgIpc) is 3.43. The van der Waals surface area contributed by atoms with Crippen LogP contribution in [0.1, 0.15) is 65.0 Å². The largest absolute Gasteiger partial charge is 0.441 e. The van der Waals surface area contributed by atoms with Crippen molar-refractivity contribution in [3.05, 3.63) is 70.6 Å². The summed E-state index contributed by atoms with van der Waals surface area (Å²) < 4.78 is 5.92. The summed E-state index contributed by atoms with van der Waals surface area (Å²) >= 11 is 0. The first-order valence-electron chi connectivity index (χ1n) is 11.6. The molecule has 172 valence electrons. The molecule has 33 heavy (non-hydrogen) atoms. The minimum Gasteiger partial charge on any atom is -0.441 e. The van der Waals surface area contributed by atoms with E-state index in [9.17, 15) is 9.59 Å². The molecule has 0 unspecified atom stereocenters. The van der Waals surface area contributed by atoms with E-state index >= 15 is 0 Å². The van der Waals surface area contributed by atoms with Crippen molar-refractivity contribution in [2.45, 2.75) is 59.4 Å². The van der Waals surface area contributed by atoms with Gasteiger partial charge in [-0.3, -0.25) is 9.59 Å². The summed E-state index contributed by atoms with van der Waals surface area (Å²) in [6, 6.07) is 13.2. The van der Waals surface area contributed by atoms with Gasteiger partial charge in [-0.05, 0) is 74.9 Å². The Morgan fingerprint density at radius 3 is 2.55 bits per heavy atom. The highest BCUT2D eigenvalue weighted by Crippen LogP contribution is 2.31. The van der Waals surface area contributed by atoms with Crippen molar-refractivity contribution < 1.29 is 14.0 Å². The second-order valence-corrected chi connectivity index (χ2v) is 8.95. The number of hydrogen-bond acceptors (Lipinski definition) is 4. The fraction of sp³-hybridized carbons (Fsp3) is 0.370. The number of rotatable bonds is 7. The van der Waals surface area contributed by atoms with Gasteiger partial charge in [0.05, 0.1) is 17.8 Å². The first kappa shape index (κ1) is 22.8. The number of anilines is 1. The Kier molecular flexibility index (Phi) is 6.92. The minimum absolute atomic E-state index is 0.0264. The summed E-state index contributed by atoms with van der Waals surface area (Å²) in [4.78, 5) is 29.8. The van der Waals surface area contributed by atoms with Crippen LogP contribution in [0.3, 0.4) is 0 Å². The van der Waals surface area contributed by atoms with Gasteiger partial charge in [0.25, 0.3) is 5.91 Å². The number of hydrogen-bond donors (Lipinski definition) is 2. The molecule has 1 heterocycles. The smallest absolute Gasteiger partial charge is 0.251 e. The summed E-state index contributed by atoms with van der Waals surface area (Å²) in [5.41, 5.74) is 4.93. The van der Waals surface area contributed by atoms with Gasteiger partial charge in [0, 0.05) is 12.0 Å². The van der Waals surface area contributed by atoms with E-state index in [4.69, 9.17) is 4.42 Å². The number of aryl methyl sites for hydroxylation is 3. The first-order valence-corrected chi connectivity index (χ1v) is 11.6. The molecule has 4 rings (SSSR count). The fourth-order valence-corrected chi connectivity index (χ4v) is 4.31. The predicted octanol–water partition coefficient (Wildman–Crippen LogP) is 5.72. The monoisotopic (exact) mass is 445 g/mol. The van der Waals surface area contributed by atoms with Crippen LogP contribution in [-0.2, 0) is 11.3 Å². The fourth-order valence-electron chi connectivity index (χ4n) is 4.31. The van der Waals surface area contributed by atoms with Gasteiger partial charge in [0.2, 0.25) is 11.8 Å². The van der Waals surface area contributed by atoms with Crippen LogP contribution in [0, 0.1) is 26.7 Å². The third-order valence-electron chi connectivity index (χ3n) is 6.46. The normalized spacial score (nSPS) is 13.8. The molecule has 0 saturated heterocycles. The van der Waals surface area contributed by atoms with E-state index in [0.717, 1.165) is 29.5 Å². The van der Waals surface area contributed by atoms with Gasteiger partial charge in [-0.25, -0.2) is 4.98 Å². The van der Waals surface area contributed by atoms with Crippen molar-refractivity contribution in [3.8, 4) is 11.5 Å². The second-order valence-electron chi connectivity index (χ2n) is 8.95. The van der Waals surface area contributed by atoms with E-state index in [1.807, 2.05) is 63.2 Å². The Bertz CT molecular complexity index is 1160. The molecule has 1 saturated carbocycles. The molecule has 0 aliphatic heterocycles. The van der Waals surface area contributed by atoms with E-state index in [2.05, 4.69) is 15.6 Å². The molecular formula is C27H31N3O3. The summed E-state index contributed by atoms with van der Waals surface area (Å²) in [7, 11) is 0. The van der Waals surface area contributed by atoms with Crippen molar-refractivity contribution >= 4 is 17.5 Å². The Balaban J connectivity index is 1.45. The Labute approximate surface area is 194 Å². The summed E-state index contributed by atoms with van der Waals surface area (Å²) in [5, 5.41) is 5.96. The molecule has 0 bridgehead atoms. The van der Waals surface area contributed by atoms with Crippen LogP contribution in [0.15, 0.2) is 46.9 Å². The molecule has 6 heteroatoms. The molecule has 1 aromatic heterocycles. The van der Waals surface area contributed by atoms with Crippen molar-refractivity contribution in [3.63, 3.8) is 0 Å². The minimum atomic E-state index is -0.151. The molecule has 3 aromatic rings. The van der Waals surface area contributed by atoms with Gasteiger partial charge >= 0.3 is 0 Å². The van der Waals surface area contributed by atoms with E-state index in [1.54, 1.807) is 0 Å². The zero-order chi connectivity index (χ0) is 23.4. The topological polar surface area (TPSA) is 84.2 Å². The molecule has 0 atom stereocenters. The van der Waals surface area contributed by atoms with Crippen LogP contribution >= 0.6 is 0 Å². The molecule has 1 aliphatic rings. The molecule has 2 amide bonds. The summed E-state index contributed by atoms with van der Waals surface area (Å²) in [6.45, 7) is 6.10. The number of carbonyl (C=O) groups excluding carboxylic acids is 2. The Morgan fingerprint density at radius 1 is 1.03 bits per heavy atom. The van der Waals surface area contributed by atoms with Gasteiger partial charge < -0.3 is 15.1 Å². The number of aromatic nitrogens is 1. The number of benzene rings is 2. The SMILES string of the molecule is Cc1ccc(C(=O)NCc2nc(-c3ccccc3NC(=O)CC3CCCC3)oc2C)cc1C. The van der Waals surface area contributed by atoms with Crippen LogP contribution < -0.4 is 10.6 Å². The van der Waals surface area contributed by atoms with Crippen LogP contribution in [0.4, 0.5) is 5.69 Å². The number of nitrogens with zero attached hydrogens (tertiary/aromatic N) is 1. The van der Waals surface area contributed by atoms with E-state index in [-0.39, 0.29) is 18.4 Å². The predicted molar refractivity (Wildman–Crippen MR) is 129 cm³/mol. The molecule has 0 spiro atoms. The zero-order valence-corrected chi connectivity index (χ0v) is 19.5. The van der Waals surface area contributed by atoms with Gasteiger partial charge in [-0.15, -0.1) is 0 Å². The van der Waals surface area contributed by atoms with Crippen LogP contribution in [0.5, 0.6) is 0 Å². The zero-order valence-electron chi connectivity index (χ0n) is 19.5. The quantitative estimate of drug-likeness (QED) is 0.487. The number of para-hydroxylation sites is 1. The maximum Gasteiger partial charge on any atom is 0.251 e. The lowest BCUT2D eigenvalue weighted by Crippen LogP contribution is -2.23. The Morgan fingerprint density at radius 2 is 1.79 bits per heavy atom. The molecule has 1 fully saturated rings. The number of oxazole rings is 1. The van der Waals surface area contributed by atoms with Crippen molar-refractivity contribution in [1.29, 1.82) is 0 Å².